The summed E-state index contributed by atoms with van der Waals surface area (Å²) in [6, 6.07) is 21.7. The van der Waals surface area contributed by atoms with Gasteiger partial charge in [-0.3, -0.25) is 28.8 Å². The van der Waals surface area contributed by atoms with E-state index < -0.39 is 94.9 Å². The molecule has 1 aromatic heterocycles. The molecule has 0 saturated carbocycles. The quantitative estimate of drug-likeness (QED) is 0.0380. The van der Waals surface area contributed by atoms with E-state index in [1.54, 1.807) is 36.5 Å². The number of para-hydroxylation sites is 1. The molecule has 5 rings (SSSR count). The lowest BCUT2D eigenvalue weighted by Gasteiger charge is -2.32. The predicted octanol–water partition coefficient (Wildman–Crippen LogP) is 1.87. The van der Waals surface area contributed by atoms with E-state index in [0.717, 1.165) is 27.2 Å². The fraction of sp³-hybridized carbons (Fsp3) is 0.388. The zero-order valence-corrected chi connectivity index (χ0v) is 36.5. The van der Waals surface area contributed by atoms with E-state index in [1.807, 2.05) is 66.7 Å². The number of H-pyrrole nitrogens is 1. The van der Waals surface area contributed by atoms with Crippen LogP contribution in [0.1, 0.15) is 49.8 Å². The van der Waals surface area contributed by atoms with Crippen LogP contribution in [0.15, 0.2) is 103 Å². The van der Waals surface area contributed by atoms with Crippen molar-refractivity contribution in [3.63, 3.8) is 0 Å². The third-order valence-electron chi connectivity index (χ3n) is 12.4. The Balaban J connectivity index is 1.47. The van der Waals surface area contributed by atoms with E-state index in [-0.39, 0.29) is 25.7 Å². The highest BCUT2D eigenvalue weighted by molar-refractivity contribution is 6.02. The molecule has 0 aliphatic heterocycles. The summed E-state index contributed by atoms with van der Waals surface area (Å²) in [6.45, 7) is 3.31. The third kappa shape index (κ3) is 12.0. The molecule has 10 atom stereocenters. The van der Waals surface area contributed by atoms with Gasteiger partial charge in [0.25, 0.3) is 0 Å². The number of carbonyl (C=O) groups excluding carboxylic acids is 6. The minimum atomic E-state index is -1.56. The number of rotatable bonds is 25. The minimum absolute atomic E-state index is 0.00558. The van der Waals surface area contributed by atoms with E-state index in [2.05, 4.69) is 10.3 Å². The monoisotopic (exact) mass is 873 g/mol. The van der Waals surface area contributed by atoms with Gasteiger partial charge in [0, 0.05) is 34.9 Å². The van der Waals surface area contributed by atoms with Crippen molar-refractivity contribution in [3.8, 4) is 0 Å². The van der Waals surface area contributed by atoms with Crippen LogP contribution in [-0.4, -0.2) is 82.7 Å². The van der Waals surface area contributed by atoms with Crippen LogP contribution in [0.5, 0.6) is 0 Å². The Bertz CT molecular complexity index is 2420. The van der Waals surface area contributed by atoms with Gasteiger partial charge < -0.3 is 50.4 Å². The first-order valence-electron chi connectivity index (χ1n) is 21.8. The highest BCUT2D eigenvalue weighted by atomic mass is 16.2. The molecule has 0 fully saturated rings. The molecule has 15 heteroatoms. The Kier molecular flexibility index (Phi) is 17.3. The Morgan fingerprint density at radius 3 is 1.84 bits per heavy atom. The van der Waals surface area contributed by atoms with Crippen LogP contribution >= 0.6 is 0 Å². The number of hydrogen-bond acceptors (Lipinski definition) is 12. The number of benzene rings is 4. The molecular weight excluding hydrogens is 811 g/mol. The van der Waals surface area contributed by atoms with Gasteiger partial charge in [0.2, 0.25) is 11.8 Å². The zero-order chi connectivity index (χ0) is 46.7. The first-order chi connectivity index (χ1) is 30.5. The van der Waals surface area contributed by atoms with Crippen molar-refractivity contribution in [2.75, 3.05) is 6.54 Å². The van der Waals surface area contributed by atoms with Crippen molar-refractivity contribution < 1.29 is 28.8 Å². The molecule has 16 N–H and O–H groups in total. The Morgan fingerprint density at radius 2 is 1.17 bits per heavy atom. The van der Waals surface area contributed by atoms with Gasteiger partial charge in [-0.15, -0.1) is 0 Å². The maximum Gasteiger partial charge on any atom is 0.239 e. The number of nitrogens with one attached hydrogen (secondary N) is 2. The number of carbonyl (C=O) groups is 6. The first kappa shape index (κ1) is 49.1. The van der Waals surface area contributed by atoms with Crippen molar-refractivity contribution in [3.05, 3.63) is 120 Å². The lowest BCUT2D eigenvalue weighted by Crippen LogP contribution is -2.58. The van der Waals surface area contributed by atoms with Crippen LogP contribution in [-0.2, 0) is 48.0 Å². The van der Waals surface area contributed by atoms with Gasteiger partial charge in [-0.25, -0.2) is 0 Å². The number of hydrogen-bond donors (Lipinski definition) is 9. The largest absolute Gasteiger partial charge is 0.368 e. The van der Waals surface area contributed by atoms with Crippen LogP contribution in [0.4, 0.5) is 0 Å². The average molecular weight is 874 g/mol. The maximum absolute atomic E-state index is 15.0. The molecule has 5 aromatic rings. The molecule has 64 heavy (non-hydrogen) atoms. The number of primary amides is 1. The molecule has 0 aliphatic rings. The van der Waals surface area contributed by atoms with Gasteiger partial charge in [0.05, 0.1) is 36.1 Å². The third-order valence-corrected chi connectivity index (χ3v) is 12.4. The second-order valence-corrected chi connectivity index (χ2v) is 17.0. The average Bonchev–Trinajstić information content (AvgIpc) is 3.71. The van der Waals surface area contributed by atoms with Gasteiger partial charge in [-0.2, -0.15) is 0 Å². The molecule has 4 aromatic carbocycles. The topological polar surface area (TPSA) is 312 Å². The highest BCUT2D eigenvalue weighted by Crippen LogP contribution is 2.28. The van der Waals surface area contributed by atoms with Gasteiger partial charge in [-0.05, 0) is 85.5 Å². The standard InChI is InChI=1S/C49H63N9O6/c1-27(40(52)46(61)35(42(54)45(60)28(2)51)24-30-19-20-31-14-6-7-15-32(31)22-30)44(59)41(53)36(25-33-26-57-38-17-9-8-16-34(33)38)47(62)43(55)37(23-29-12-4-3-5-13-29)49(64)58-39(48(56)63)18-10-11-21-50/h3-9,12-17,19-20,22,26-28,35-37,39-43,57H,10-11,18,21,23-25,50-55H2,1-2H3,(H2,56,63)(H,58,64)/t27-,28+,35+,36-,37+,39-,40?,41?,42?,43?/m0/s1. The van der Waals surface area contributed by atoms with Crippen molar-refractivity contribution >= 4 is 56.6 Å². The Morgan fingerprint density at radius 1 is 0.594 bits per heavy atom. The van der Waals surface area contributed by atoms with E-state index >= 15 is 0 Å². The molecule has 1 heterocycles. The van der Waals surface area contributed by atoms with Crippen molar-refractivity contribution in [2.24, 2.45) is 63.8 Å². The van der Waals surface area contributed by atoms with E-state index in [0.29, 0.717) is 30.5 Å². The molecule has 2 amide bonds. The number of Topliss-reactive ketones (excluding diaryl/α,β-unsaturated/α-hetero) is 4. The maximum atomic E-state index is 15.0. The number of ketones is 4. The summed E-state index contributed by atoms with van der Waals surface area (Å²) < 4.78 is 0. The molecule has 0 aliphatic carbocycles. The highest BCUT2D eigenvalue weighted by Gasteiger charge is 2.44. The van der Waals surface area contributed by atoms with Gasteiger partial charge in [0.1, 0.15) is 6.04 Å². The van der Waals surface area contributed by atoms with E-state index in [9.17, 15) is 28.8 Å². The second-order valence-electron chi connectivity index (χ2n) is 17.0. The summed E-state index contributed by atoms with van der Waals surface area (Å²) in [5, 5.41) is 5.38. The smallest absolute Gasteiger partial charge is 0.239 e. The van der Waals surface area contributed by atoms with Crippen LogP contribution in [0.2, 0.25) is 0 Å². The number of amides is 2. The summed E-state index contributed by atoms with van der Waals surface area (Å²) in [7, 11) is 0. The normalized spacial score (nSPS) is 16.4. The fourth-order valence-corrected chi connectivity index (χ4v) is 8.39. The number of nitrogens with two attached hydrogens (primary N) is 7. The summed E-state index contributed by atoms with van der Waals surface area (Å²) in [4.78, 5) is 87.1. The first-order valence-corrected chi connectivity index (χ1v) is 21.8. The van der Waals surface area contributed by atoms with Crippen LogP contribution < -0.4 is 45.5 Å². The molecular formula is C49H63N9O6. The van der Waals surface area contributed by atoms with Gasteiger partial charge >= 0.3 is 0 Å². The zero-order valence-electron chi connectivity index (χ0n) is 36.5. The predicted molar refractivity (Wildman–Crippen MR) is 249 cm³/mol. The van der Waals surface area contributed by atoms with Crippen molar-refractivity contribution in [1.82, 2.24) is 10.3 Å². The van der Waals surface area contributed by atoms with Crippen molar-refractivity contribution in [1.29, 1.82) is 0 Å². The summed E-state index contributed by atoms with van der Waals surface area (Å²) in [6.07, 6.45) is 3.04. The fourth-order valence-electron chi connectivity index (χ4n) is 8.39. The van der Waals surface area contributed by atoms with Crippen LogP contribution in [0.25, 0.3) is 21.7 Å². The van der Waals surface area contributed by atoms with Crippen molar-refractivity contribution in [2.45, 2.75) is 88.6 Å². The number of aromatic amines is 1. The molecule has 0 bridgehead atoms. The Hall–Kier alpha value is -5.94. The number of unbranched alkanes of at least 4 members (excludes halogenated alkanes) is 1. The minimum Gasteiger partial charge on any atom is -0.368 e. The molecule has 0 spiro atoms. The number of aromatic nitrogens is 1. The molecule has 4 unspecified atom stereocenters. The van der Waals surface area contributed by atoms with Crippen LogP contribution in [0.3, 0.4) is 0 Å². The summed E-state index contributed by atoms with van der Waals surface area (Å²) >= 11 is 0. The number of fused-ring (bicyclic) bond motifs is 2. The van der Waals surface area contributed by atoms with E-state index in [1.165, 1.54) is 13.8 Å². The molecule has 340 valence electrons. The summed E-state index contributed by atoms with van der Waals surface area (Å²) in [5.74, 6) is -8.98. The lowest BCUT2D eigenvalue weighted by atomic mass is 9.75. The van der Waals surface area contributed by atoms with E-state index in [4.69, 9.17) is 40.1 Å². The Labute approximate surface area is 373 Å². The second kappa shape index (κ2) is 22.6. The SMILES string of the molecule is C[C@H](C(=O)C(N)[C@H](Cc1c[nH]c2ccccc12)C(=O)C(N)[C@@H](Cc1ccccc1)C(=O)N[C@@H](CCCCN)C(N)=O)C(N)C(=O)[C@H](Cc1ccc2ccccc2c1)C(N)C(=O)[C@@H](C)N. The molecule has 0 saturated heterocycles. The molecule has 0 radical (unpaired) electrons. The molecule has 15 nitrogen and oxygen atoms in total. The van der Waals surface area contributed by atoms with Crippen LogP contribution in [0, 0.1) is 23.7 Å². The van der Waals surface area contributed by atoms with Gasteiger partial charge in [-0.1, -0.05) is 97.9 Å². The van der Waals surface area contributed by atoms with Gasteiger partial charge in [0.15, 0.2) is 23.1 Å². The lowest BCUT2D eigenvalue weighted by molar-refractivity contribution is -0.137. The summed E-state index contributed by atoms with van der Waals surface area (Å²) in [5.41, 5.74) is 47.0.